The average Bonchev–Trinajstić information content (AvgIpc) is 2.16. The molecule has 0 aliphatic heterocycles. The van der Waals surface area contributed by atoms with E-state index in [0.29, 0.717) is 26.4 Å². The van der Waals surface area contributed by atoms with Gasteiger partial charge in [-0.05, 0) is 6.26 Å². The fourth-order valence-electron chi connectivity index (χ4n) is 1.04. The Morgan fingerprint density at radius 2 is 2.07 bits per heavy atom. The smallest absolute Gasteiger partial charge is 0.187 e. The number of halogens is 2. The van der Waals surface area contributed by atoms with Gasteiger partial charge in [0.05, 0.1) is 10.9 Å². The molecule has 72 valence electrons. The Balaban J connectivity index is 2.75. The standard InChI is InChI=1S/C8H5Cl2N3S/c1-14-8-11-3-4-5(12-8)2-6(9)13-7(4)10/h2-3H,1H3. The maximum atomic E-state index is 5.88. The van der Waals surface area contributed by atoms with Crippen LogP contribution in [0, 0.1) is 0 Å². The molecule has 2 rings (SSSR count). The lowest BCUT2D eigenvalue weighted by atomic mass is 10.3. The fraction of sp³-hybridized carbons (Fsp3) is 0.125. The molecule has 0 spiro atoms. The van der Waals surface area contributed by atoms with Gasteiger partial charge in [0.1, 0.15) is 10.3 Å². The van der Waals surface area contributed by atoms with Gasteiger partial charge in [-0.15, -0.1) is 0 Å². The van der Waals surface area contributed by atoms with Crippen LogP contribution in [0.15, 0.2) is 17.4 Å². The van der Waals surface area contributed by atoms with E-state index in [1.54, 1.807) is 12.3 Å². The van der Waals surface area contributed by atoms with Crippen molar-refractivity contribution in [1.82, 2.24) is 15.0 Å². The lowest BCUT2D eigenvalue weighted by molar-refractivity contribution is 1.00. The van der Waals surface area contributed by atoms with Crippen molar-refractivity contribution in [2.24, 2.45) is 0 Å². The maximum Gasteiger partial charge on any atom is 0.187 e. The Morgan fingerprint density at radius 1 is 1.29 bits per heavy atom. The van der Waals surface area contributed by atoms with Crippen LogP contribution < -0.4 is 0 Å². The first kappa shape index (κ1) is 9.96. The Kier molecular flexibility index (Phi) is 2.76. The quantitative estimate of drug-likeness (QED) is 0.440. The van der Waals surface area contributed by atoms with E-state index in [1.807, 2.05) is 6.26 Å². The Bertz CT molecular complexity index is 489. The van der Waals surface area contributed by atoms with E-state index in [9.17, 15) is 0 Å². The molecular weight excluding hydrogens is 241 g/mol. The lowest BCUT2D eigenvalue weighted by Gasteiger charge is -2.00. The molecule has 0 unspecified atom stereocenters. The predicted molar refractivity (Wildman–Crippen MR) is 59.1 cm³/mol. The van der Waals surface area contributed by atoms with Crippen LogP contribution >= 0.6 is 35.0 Å². The monoisotopic (exact) mass is 245 g/mol. The van der Waals surface area contributed by atoms with Crippen LogP contribution in [0.2, 0.25) is 10.3 Å². The summed E-state index contributed by atoms with van der Waals surface area (Å²) in [5.74, 6) is 0. The molecule has 0 aliphatic carbocycles. The molecule has 0 bridgehead atoms. The minimum Gasteiger partial charge on any atom is -0.230 e. The molecule has 3 nitrogen and oxygen atoms in total. The zero-order valence-corrected chi connectivity index (χ0v) is 9.49. The summed E-state index contributed by atoms with van der Waals surface area (Å²) in [6.07, 6.45) is 3.56. The third kappa shape index (κ3) is 1.78. The van der Waals surface area contributed by atoms with Crippen LogP contribution in [-0.2, 0) is 0 Å². The van der Waals surface area contributed by atoms with Gasteiger partial charge in [-0.3, -0.25) is 0 Å². The molecule has 6 heteroatoms. The Labute approximate surface area is 94.9 Å². The minimum atomic E-state index is 0.333. The van der Waals surface area contributed by atoms with Crippen LogP contribution in [0.1, 0.15) is 0 Å². The highest BCUT2D eigenvalue weighted by molar-refractivity contribution is 7.98. The molecule has 0 atom stereocenters. The van der Waals surface area contributed by atoms with E-state index in [2.05, 4.69) is 15.0 Å². The van der Waals surface area contributed by atoms with Gasteiger partial charge >= 0.3 is 0 Å². The van der Waals surface area contributed by atoms with Crippen molar-refractivity contribution in [3.05, 3.63) is 22.6 Å². The summed E-state index contributed by atoms with van der Waals surface area (Å²) in [5.41, 5.74) is 0.717. The van der Waals surface area contributed by atoms with E-state index in [4.69, 9.17) is 23.2 Å². The number of nitrogens with zero attached hydrogens (tertiary/aromatic N) is 3. The third-order valence-electron chi connectivity index (χ3n) is 1.66. The molecule has 0 aromatic carbocycles. The van der Waals surface area contributed by atoms with Crippen LogP contribution in [0.5, 0.6) is 0 Å². The van der Waals surface area contributed by atoms with Gasteiger partial charge in [-0.1, -0.05) is 35.0 Å². The summed E-state index contributed by atoms with van der Waals surface area (Å²) in [5, 5.41) is 2.08. The lowest BCUT2D eigenvalue weighted by Crippen LogP contribution is -1.89. The largest absolute Gasteiger partial charge is 0.230 e. The fourth-order valence-corrected chi connectivity index (χ4v) is 1.86. The summed E-state index contributed by atoms with van der Waals surface area (Å²) in [4.78, 5) is 12.3. The number of thioether (sulfide) groups is 1. The van der Waals surface area contributed by atoms with Crippen molar-refractivity contribution >= 4 is 45.9 Å². The molecule has 0 fully saturated rings. The molecule has 2 heterocycles. The van der Waals surface area contributed by atoms with Gasteiger partial charge in [0.15, 0.2) is 5.16 Å². The van der Waals surface area contributed by atoms with Crippen molar-refractivity contribution in [3.63, 3.8) is 0 Å². The van der Waals surface area contributed by atoms with Crippen molar-refractivity contribution in [2.75, 3.05) is 6.26 Å². The molecule has 0 aliphatic rings. The summed E-state index contributed by atoms with van der Waals surface area (Å²) in [7, 11) is 0. The van der Waals surface area contributed by atoms with Crippen molar-refractivity contribution in [3.8, 4) is 0 Å². The molecule has 14 heavy (non-hydrogen) atoms. The zero-order chi connectivity index (χ0) is 10.1. The van der Waals surface area contributed by atoms with E-state index in [0.717, 1.165) is 0 Å². The van der Waals surface area contributed by atoms with Gasteiger partial charge in [0.25, 0.3) is 0 Å². The molecule has 0 radical (unpaired) electrons. The Hall–Kier alpha value is -0.580. The van der Waals surface area contributed by atoms with Gasteiger partial charge in [-0.2, -0.15) is 0 Å². The first-order valence-corrected chi connectivity index (χ1v) is 5.71. The normalized spacial score (nSPS) is 10.8. The van der Waals surface area contributed by atoms with Crippen LogP contribution in [0.3, 0.4) is 0 Å². The van der Waals surface area contributed by atoms with Crippen molar-refractivity contribution in [1.29, 1.82) is 0 Å². The highest BCUT2D eigenvalue weighted by Gasteiger charge is 2.05. The summed E-state index contributed by atoms with van der Waals surface area (Å²) in [6, 6.07) is 1.67. The van der Waals surface area contributed by atoms with Gasteiger partial charge in [0, 0.05) is 12.3 Å². The minimum absolute atomic E-state index is 0.333. The molecular formula is C8H5Cl2N3S. The zero-order valence-electron chi connectivity index (χ0n) is 7.16. The number of pyridine rings is 1. The highest BCUT2D eigenvalue weighted by Crippen LogP contribution is 2.23. The molecule has 2 aromatic rings. The SMILES string of the molecule is CSc1ncc2c(Cl)nc(Cl)cc2n1. The van der Waals surface area contributed by atoms with Crippen LogP contribution in [-0.4, -0.2) is 21.2 Å². The van der Waals surface area contributed by atoms with E-state index in [1.165, 1.54) is 11.8 Å². The van der Waals surface area contributed by atoms with Gasteiger partial charge in [0.2, 0.25) is 0 Å². The summed E-state index contributed by atoms with van der Waals surface area (Å²) >= 11 is 13.1. The second kappa shape index (κ2) is 3.88. The third-order valence-corrected chi connectivity index (χ3v) is 2.71. The van der Waals surface area contributed by atoms with Gasteiger partial charge in [-0.25, -0.2) is 15.0 Å². The van der Waals surface area contributed by atoms with E-state index in [-0.39, 0.29) is 0 Å². The number of rotatable bonds is 1. The molecule has 0 amide bonds. The first-order valence-electron chi connectivity index (χ1n) is 3.73. The molecule has 0 saturated heterocycles. The molecule has 2 aromatic heterocycles. The average molecular weight is 246 g/mol. The van der Waals surface area contributed by atoms with Gasteiger partial charge < -0.3 is 0 Å². The van der Waals surface area contributed by atoms with E-state index >= 15 is 0 Å². The number of hydrogen-bond donors (Lipinski definition) is 0. The Morgan fingerprint density at radius 3 is 2.79 bits per heavy atom. The summed E-state index contributed by atoms with van der Waals surface area (Å²) in [6.45, 7) is 0. The number of aromatic nitrogens is 3. The number of fused-ring (bicyclic) bond motifs is 1. The highest BCUT2D eigenvalue weighted by atomic mass is 35.5. The second-order valence-corrected chi connectivity index (χ2v) is 4.04. The van der Waals surface area contributed by atoms with Crippen molar-refractivity contribution in [2.45, 2.75) is 5.16 Å². The maximum absolute atomic E-state index is 5.88. The summed E-state index contributed by atoms with van der Waals surface area (Å²) < 4.78 is 0. The van der Waals surface area contributed by atoms with Crippen LogP contribution in [0.25, 0.3) is 10.9 Å². The topological polar surface area (TPSA) is 38.7 Å². The van der Waals surface area contributed by atoms with Crippen LogP contribution in [0.4, 0.5) is 0 Å². The van der Waals surface area contributed by atoms with E-state index < -0.39 is 0 Å². The molecule has 0 saturated carbocycles. The first-order chi connectivity index (χ1) is 6.70. The second-order valence-electron chi connectivity index (χ2n) is 2.53. The predicted octanol–water partition coefficient (Wildman–Crippen LogP) is 3.05. The van der Waals surface area contributed by atoms with Crippen molar-refractivity contribution < 1.29 is 0 Å². The number of hydrogen-bond acceptors (Lipinski definition) is 4. The molecule has 0 N–H and O–H groups in total.